The summed E-state index contributed by atoms with van der Waals surface area (Å²) >= 11 is 0. The number of carbonyl (C=O) groups excluding carboxylic acids is 1. The lowest BCUT2D eigenvalue weighted by Gasteiger charge is -2.37. The van der Waals surface area contributed by atoms with E-state index in [1.807, 2.05) is 25.7 Å². The van der Waals surface area contributed by atoms with E-state index >= 15 is 0 Å². The molecule has 2 N–H and O–H groups in total. The van der Waals surface area contributed by atoms with Gasteiger partial charge in [0.15, 0.2) is 5.96 Å². The second-order valence-corrected chi connectivity index (χ2v) is 6.78. The molecule has 9 heteroatoms. The van der Waals surface area contributed by atoms with Crippen molar-refractivity contribution in [1.29, 1.82) is 0 Å². The third kappa shape index (κ3) is 7.40. The molecular formula is C19H30F2IN5O. The van der Waals surface area contributed by atoms with Crippen LogP contribution in [0.5, 0.6) is 0 Å². The molecule has 1 fully saturated rings. The summed E-state index contributed by atoms with van der Waals surface area (Å²) in [6.07, 6.45) is 0.335. The van der Waals surface area contributed by atoms with E-state index in [9.17, 15) is 13.6 Å². The van der Waals surface area contributed by atoms with Gasteiger partial charge in [0.2, 0.25) is 5.91 Å². The highest BCUT2D eigenvalue weighted by molar-refractivity contribution is 14.0. The Labute approximate surface area is 182 Å². The summed E-state index contributed by atoms with van der Waals surface area (Å²) in [7, 11) is 0. The molecule has 0 aromatic heterocycles. The number of benzene rings is 1. The van der Waals surface area contributed by atoms with Crippen LogP contribution in [0.1, 0.15) is 27.2 Å². The minimum absolute atomic E-state index is 0. The lowest BCUT2D eigenvalue weighted by molar-refractivity contribution is -0.121. The highest BCUT2D eigenvalue weighted by atomic mass is 127. The molecule has 1 aliphatic rings. The Morgan fingerprint density at radius 1 is 1.21 bits per heavy atom. The van der Waals surface area contributed by atoms with Crippen LogP contribution >= 0.6 is 24.0 Å². The van der Waals surface area contributed by atoms with E-state index in [4.69, 9.17) is 0 Å². The summed E-state index contributed by atoms with van der Waals surface area (Å²) in [5.74, 6) is -0.129. The quantitative estimate of drug-likeness (QED) is 0.352. The molecule has 0 radical (unpaired) electrons. The molecule has 1 aromatic rings. The van der Waals surface area contributed by atoms with Crippen LogP contribution in [0, 0.1) is 11.6 Å². The standard InChI is InChI=1S/C19H29F2N5O.HI/c1-4-22-19(23-8-7-18(27)24-14(2)3)26-11-9-25(10-12-26)17-13-15(20)5-6-16(17)21;/h5-6,13-14H,4,7-12H2,1-3H3,(H,22,23)(H,24,27);1H. The molecule has 1 amide bonds. The minimum atomic E-state index is -0.441. The first kappa shape index (κ1) is 24.4. The Balaban J connectivity index is 0.00000392. The highest BCUT2D eigenvalue weighted by Crippen LogP contribution is 2.21. The van der Waals surface area contributed by atoms with Crippen LogP contribution in [0.2, 0.25) is 0 Å². The summed E-state index contributed by atoms with van der Waals surface area (Å²) < 4.78 is 27.4. The summed E-state index contributed by atoms with van der Waals surface area (Å²) in [5.41, 5.74) is 0.293. The number of piperazine rings is 1. The molecule has 0 atom stereocenters. The molecule has 158 valence electrons. The van der Waals surface area contributed by atoms with Gasteiger partial charge in [0.25, 0.3) is 0 Å². The maximum absolute atomic E-state index is 14.0. The van der Waals surface area contributed by atoms with Crippen molar-refractivity contribution in [2.75, 3.05) is 44.2 Å². The van der Waals surface area contributed by atoms with E-state index in [0.29, 0.717) is 44.8 Å². The minimum Gasteiger partial charge on any atom is -0.366 e. The average molecular weight is 509 g/mol. The van der Waals surface area contributed by atoms with Crippen LogP contribution in [0.15, 0.2) is 23.2 Å². The van der Waals surface area contributed by atoms with E-state index < -0.39 is 11.6 Å². The zero-order valence-corrected chi connectivity index (χ0v) is 19.0. The third-order valence-electron chi connectivity index (χ3n) is 4.21. The summed E-state index contributed by atoms with van der Waals surface area (Å²) in [5, 5.41) is 6.08. The van der Waals surface area contributed by atoms with Crippen molar-refractivity contribution < 1.29 is 13.6 Å². The number of guanidine groups is 1. The lowest BCUT2D eigenvalue weighted by atomic mass is 10.2. The summed E-state index contributed by atoms with van der Waals surface area (Å²) in [6, 6.07) is 3.63. The fraction of sp³-hybridized carbons (Fsp3) is 0.579. The number of halogens is 3. The lowest BCUT2D eigenvalue weighted by Crippen LogP contribution is -2.52. The maximum atomic E-state index is 14.0. The topological polar surface area (TPSA) is 60.0 Å². The van der Waals surface area contributed by atoms with Crippen LogP contribution in [0.3, 0.4) is 0 Å². The molecule has 1 saturated heterocycles. The van der Waals surface area contributed by atoms with Crippen LogP contribution in [-0.4, -0.2) is 62.1 Å². The number of amides is 1. The number of anilines is 1. The number of hydrogen-bond donors (Lipinski definition) is 2. The summed E-state index contributed by atoms with van der Waals surface area (Å²) in [6.45, 7) is 9.37. The van der Waals surface area contributed by atoms with Crippen molar-refractivity contribution in [1.82, 2.24) is 15.5 Å². The zero-order valence-electron chi connectivity index (χ0n) is 16.7. The molecule has 0 spiro atoms. The van der Waals surface area contributed by atoms with Gasteiger partial charge in [-0.2, -0.15) is 0 Å². The first-order valence-electron chi connectivity index (χ1n) is 9.43. The summed E-state index contributed by atoms with van der Waals surface area (Å²) in [4.78, 5) is 20.2. The molecule has 1 aromatic carbocycles. The zero-order chi connectivity index (χ0) is 19.8. The Kier molecular flexibility index (Phi) is 10.5. The monoisotopic (exact) mass is 509 g/mol. The Morgan fingerprint density at radius 2 is 1.89 bits per heavy atom. The van der Waals surface area contributed by atoms with Gasteiger partial charge in [-0.05, 0) is 32.9 Å². The first-order chi connectivity index (χ1) is 12.9. The van der Waals surface area contributed by atoms with E-state index in [-0.39, 0.29) is 35.9 Å². The first-order valence-corrected chi connectivity index (χ1v) is 9.43. The van der Waals surface area contributed by atoms with Gasteiger partial charge in [-0.15, -0.1) is 24.0 Å². The molecule has 0 aliphatic carbocycles. The van der Waals surface area contributed by atoms with Crippen molar-refractivity contribution in [3.63, 3.8) is 0 Å². The van der Waals surface area contributed by atoms with Gasteiger partial charge >= 0.3 is 0 Å². The van der Waals surface area contributed by atoms with Gasteiger partial charge in [-0.25, -0.2) is 8.78 Å². The smallest absolute Gasteiger partial charge is 0.222 e. The van der Waals surface area contributed by atoms with E-state index in [2.05, 4.69) is 20.5 Å². The molecular weight excluding hydrogens is 479 g/mol. The van der Waals surface area contributed by atoms with Crippen molar-refractivity contribution in [2.24, 2.45) is 4.99 Å². The van der Waals surface area contributed by atoms with Crippen molar-refractivity contribution in [2.45, 2.75) is 33.2 Å². The van der Waals surface area contributed by atoms with Crippen molar-refractivity contribution in [3.8, 4) is 0 Å². The number of hydrogen-bond acceptors (Lipinski definition) is 3. The normalized spacial score (nSPS) is 14.7. The Hall–Kier alpha value is -1.65. The van der Waals surface area contributed by atoms with Crippen LogP contribution in [0.4, 0.5) is 14.5 Å². The molecule has 28 heavy (non-hydrogen) atoms. The molecule has 1 aliphatic heterocycles. The van der Waals surface area contributed by atoms with Gasteiger partial charge in [0, 0.05) is 51.3 Å². The van der Waals surface area contributed by atoms with E-state index in [1.165, 1.54) is 6.07 Å². The fourth-order valence-corrected chi connectivity index (χ4v) is 2.97. The second-order valence-electron chi connectivity index (χ2n) is 6.78. The van der Waals surface area contributed by atoms with Gasteiger partial charge < -0.3 is 20.4 Å². The number of aliphatic imine (C=N–C) groups is 1. The molecule has 2 rings (SSSR count). The number of nitrogens with zero attached hydrogens (tertiary/aromatic N) is 3. The number of carbonyl (C=O) groups is 1. The number of rotatable bonds is 6. The van der Waals surface area contributed by atoms with Crippen LogP contribution < -0.4 is 15.5 Å². The second kappa shape index (κ2) is 12.0. The largest absolute Gasteiger partial charge is 0.366 e. The Morgan fingerprint density at radius 3 is 2.50 bits per heavy atom. The maximum Gasteiger partial charge on any atom is 0.222 e. The predicted molar refractivity (Wildman–Crippen MR) is 119 cm³/mol. The van der Waals surface area contributed by atoms with Gasteiger partial charge in [-0.1, -0.05) is 0 Å². The number of nitrogens with one attached hydrogen (secondary N) is 2. The Bertz CT molecular complexity index is 664. The van der Waals surface area contributed by atoms with Gasteiger partial charge in [0.1, 0.15) is 11.6 Å². The van der Waals surface area contributed by atoms with Crippen molar-refractivity contribution >= 4 is 41.5 Å². The third-order valence-corrected chi connectivity index (χ3v) is 4.21. The van der Waals surface area contributed by atoms with E-state index in [1.54, 1.807) is 0 Å². The van der Waals surface area contributed by atoms with Crippen LogP contribution in [-0.2, 0) is 4.79 Å². The average Bonchev–Trinajstić information content (AvgIpc) is 2.62. The molecule has 0 bridgehead atoms. The van der Waals surface area contributed by atoms with Crippen LogP contribution in [0.25, 0.3) is 0 Å². The molecule has 0 unspecified atom stereocenters. The molecule has 6 nitrogen and oxygen atoms in total. The SMILES string of the molecule is CCNC(=NCCC(=O)NC(C)C)N1CCN(c2cc(F)ccc2F)CC1.I. The molecule has 0 saturated carbocycles. The predicted octanol–water partition coefficient (Wildman–Crippen LogP) is 2.59. The highest BCUT2D eigenvalue weighted by Gasteiger charge is 2.22. The van der Waals surface area contributed by atoms with Crippen molar-refractivity contribution in [3.05, 3.63) is 29.8 Å². The fourth-order valence-electron chi connectivity index (χ4n) is 2.97. The van der Waals surface area contributed by atoms with Gasteiger partial charge in [0.05, 0.1) is 12.2 Å². The van der Waals surface area contributed by atoms with Gasteiger partial charge in [-0.3, -0.25) is 9.79 Å². The van der Waals surface area contributed by atoms with E-state index in [0.717, 1.165) is 24.6 Å². The molecule has 1 heterocycles.